The van der Waals surface area contributed by atoms with Crippen molar-refractivity contribution in [2.45, 2.75) is 4.90 Å². The predicted octanol–water partition coefficient (Wildman–Crippen LogP) is 1.92. The molecule has 0 radical (unpaired) electrons. The van der Waals surface area contributed by atoms with Gasteiger partial charge in [-0.05, 0) is 48.5 Å². The molecule has 0 heterocycles. The van der Waals surface area contributed by atoms with Crippen molar-refractivity contribution in [2.24, 2.45) is 0 Å². The Morgan fingerprint density at radius 3 is 1.91 bits per heavy atom. The molecule has 0 unspecified atom stereocenters. The number of nitrogens with zero attached hydrogens (tertiary/aromatic N) is 2. The maximum atomic E-state index is 12.4. The Bertz CT molecular complexity index is 797. The number of phenols is 1. The highest BCUT2D eigenvalue weighted by molar-refractivity contribution is 7.89. The van der Waals surface area contributed by atoms with E-state index in [1.807, 2.05) is 0 Å². The van der Waals surface area contributed by atoms with Crippen LogP contribution in [0.1, 0.15) is 10.4 Å². The molecule has 2 rings (SSSR count). The highest BCUT2D eigenvalue weighted by atomic mass is 32.2. The van der Waals surface area contributed by atoms with Gasteiger partial charge in [-0.2, -0.15) is 0 Å². The van der Waals surface area contributed by atoms with E-state index in [9.17, 15) is 18.3 Å². The maximum absolute atomic E-state index is 12.4. The molecule has 0 aromatic heterocycles. The molecule has 2 aromatic rings. The smallest absolute Gasteiger partial charge is 0.258 e. The van der Waals surface area contributed by atoms with Gasteiger partial charge in [-0.3, -0.25) is 4.79 Å². The fourth-order valence-corrected chi connectivity index (χ4v) is 2.87. The largest absolute Gasteiger partial charge is 0.508 e. The van der Waals surface area contributed by atoms with E-state index >= 15 is 0 Å². The maximum Gasteiger partial charge on any atom is 0.258 e. The summed E-state index contributed by atoms with van der Waals surface area (Å²) in [5.41, 5.74) is 0.996. The van der Waals surface area contributed by atoms with Crippen LogP contribution in [-0.4, -0.2) is 44.9 Å². The predicted molar refractivity (Wildman–Crippen MR) is 88.2 cm³/mol. The molecule has 1 N–H and O–H groups in total. The molecule has 0 saturated carbocycles. The van der Waals surface area contributed by atoms with Gasteiger partial charge >= 0.3 is 0 Å². The molecule has 23 heavy (non-hydrogen) atoms. The SMILES string of the molecule is CN(C(=O)c1ccc(S(=O)(=O)N(C)C)cc1)c1ccc(O)cc1. The van der Waals surface area contributed by atoms with Gasteiger partial charge in [0.2, 0.25) is 10.0 Å². The quantitative estimate of drug-likeness (QED) is 0.926. The normalized spacial score (nSPS) is 11.5. The van der Waals surface area contributed by atoms with Crippen molar-refractivity contribution in [1.82, 2.24) is 4.31 Å². The van der Waals surface area contributed by atoms with Gasteiger partial charge < -0.3 is 10.0 Å². The van der Waals surface area contributed by atoms with Crippen molar-refractivity contribution in [3.8, 4) is 5.75 Å². The van der Waals surface area contributed by atoms with Crippen LogP contribution in [0.25, 0.3) is 0 Å². The van der Waals surface area contributed by atoms with E-state index in [0.29, 0.717) is 11.3 Å². The first-order chi connectivity index (χ1) is 10.7. The highest BCUT2D eigenvalue weighted by Crippen LogP contribution is 2.20. The lowest BCUT2D eigenvalue weighted by Gasteiger charge is -2.18. The minimum Gasteiger partial charge on any atom is -0.508 e. The van der Waals surface area contributed by atoms with Crippen LogP contribution in [0.3, 0.4) is 0 Å². The second-order valence-corrected chi connectivity index (χ2v) is 7.34. The Morgan fingerprint density at radius 2 is 1.43 bits per heavy atom. The van der Waals surface area contributed by atoms with E-state index in [2.05, 4.69) is 0 Å². The first-order valence-electron chi connectivity index (χ1n) is 6.83. The standard InChI is InChI=1S/C16H18N2O4S/c1-17(2)23(21,22)15-10-4-12(5-11-15)16(20)18(3)13-6-8-14(19)9-7-13/h4-11,19H,1-3H3. The van der Waals surface area contributed by atoms with Crippen LogP contribution < -0.4 is 4.90 Å². The molecule has 122 valence electrons. The fraction of sp³-hybridized carbons (Fsp3) is 0.188. The first kappa shape index (κ1) is 17.0. The number of amides is 1. The third-order valence-corrected chi connectivity index (χ3v) is 5.25. The first-order valence-corrected chi connectivity index (χ1v) is 8.27. The minimum absolute atomic E-state index is 0.118. The number of aromatic hydroxyl groups is 1. The van der Waals surface area contributed by atoms with Gasteiger partial charge in [0.1, 0.15) is 5.75 Å². The lowest BCUT2D eigenvalue weighted by Crippen LogP contribution is -2.26. The summed E-state index contributed by atoms with van der Waals surface area (Å²) >= 11 is 0. The lowest BCUT2D eigenvalue weighted by atomic mass is 10.2. The van der Waals surface area contributed by atoms with Crippen molar-refractivity contribution in [1.29, 1.82) is 0 Å². The number of anilines is 1. The summed E-state index contributed by atoms with van der Waals surface area (Å²) in [6.07, 6.45) is 0. The summed E-state index contributed by atoms with van der Waals surface area (Å²) in [4.78, 5) is 14.0. The van der Waals surface area contributed by atoms with Gasteiger partial charge in [-0.15, -0.1) is 0 Å². The zero-order chi connectivity index (χ0) is 17.2. The Kier molecular flexibility index (Phi) is 4.72. The second kappa shape index (κ2) is 6.39. The molecule has 0 aliphatic rings. The van der Waals surface area contributed by atoms with Gasteiger partial charge in [0.15, 0.2) is 0 Å². The molecule has 2 aromatic carbocycles. The number of sulfonamides is 1. The molecule has 7 heteroatoms. The van der Waals surface area contributed by atoms with Crippen LogP contribution in [-0.2, 0) is 10.0 Å². The summed E-state index contributed by atoms with van der Waals surface area (Å²) in [6.45, 7) is 0. The Morgan fingerprint density at radius 1 is 0.913 bits per heavy atom. The molecule has 0 fully saturated rings. The van der Waals surface area contributed by atoms with Crippen LogP contribution in [0.4, 0.5) is 5.69 Å². The molecule has 0 aliphatic carbocycles. The topological polar surface area (TPSA) is 77.9 Å². The molecular formula is C16H18N2O4S. The van der Waals surface area contributed by atoms with E-state index in [1.54, 1.807) is 19.2 Å². The van der Waals surface area contributed by atoms with E-state index in [4.69, 9.17) is 0 Å². The van der Waals surface area contributed by atoms with E-state index < -0.39 is 10.0 Å². The summed E-state index contributed by atoms with van der Waals surface area (Å²) < 4.78 is 25.1. The number of phenolic OH excluding ortho intramolecular Hbond substituents is 1. The summed E-state index contributed by atoms with van der Waals surface area (Å²) in [6, 6.07) is 12.0. The zero-order valence-corrected chi connectivity index (χ0v) is 13.9. The second-order valence-electron chi connectivity index (χ2n) is 5.19. The number of rotatable bonds is 4. The summed E-state index contributed by atoms with van der Waals surface area (Å²) in [5, 5.41) is 9.28. The Labute approximate surface area is 135 Å². The van der Waals surface area contributed by atoms with Gasteiger partial charge in [0.25, 0.3) is 5.91 Å². The van der Waals surface area contributed by atoms with Gasteiger partial charge in [-0.1, -0.05) is 0 Å². The van der Waals surface area contributed by atoms with Crippen LogP contribution in [0.2, 0.25) is 0 Å². The monoisotopic (exact) mass is 334 g/mol. The number of benzene rings is 2. The van der Waals surface area contributed by atoms with Crippen LogP contribution in [0, 0.1) is 0 Å². The molecule has 0 spiro atoms. The average molecular weight is 334 g/mol. The number of hydrogen-bond acceptors (Lipinski definition) is 4. The number of hydrogen-bond donors (Lipinski definition) is 1. The number of carbonyl (C=O) groups is 1. The minimum atomic E-state index is -3.52. The molecule has 0 atom stereocenters. The summed E-state index contributed by atoms with van der Waals surface area (Å²) in [5.74, 6) is -0.155. The Balaban J connectivity index is 2.25. The lowest BCUT2D eigenvalue weighted by molar-refractivity contribution is 0.0993. The highest BCUT2D eigenvalue weighted by Gasteiger charge is 2.19. The Hall–Kier alpha value is -2.38. The third kappa shape index (κ3) is 3.52. The molecule has 0 aliphatic heterocycles. The molecular weight excluding hydrogens is 316 g/mol. The molecule has 1 amide bonds. The third-order valence-electron chi connectivity index (χ3n) is 3.42. The van der Waals surface area contributed by atoms with E-state index in [0.717, 1.165) is 4.31 Å². The zero-order valence-electron chi connectivity index (χ0n) is 13.1. The van der Waals surface area contributed by atoms with Gasteiger partial charge in [0, 0.05) is 32.4 Å². The number of carbonyl (C=O) groups excluding carboxylic acids is 1. The van der Waals surface area contributed by atoms with Crippen molar-refractivity contribution in [2.75, 3.05) is 26.0 Å². The van der Waals surface area contributed by atoms with Crippen molar-refractivity contribution in [3.63, 3.8) is 0 Å². The van der Waals surface area contributed by atoms with Gasteiger partial charge in [-0.25, -0.2) is 12.7 Å². The summed E-state index contributed by atoms with van der Waals surface area (Å²) in [7, 11) is 0.997. The molecule has 0 saturated heterocycles. The van der Waals surface area contributed by atoms with Crippen LogP contribution in [0.5, 0.6) is 5.75 Å². The van der Waals surface area contributed by atoms with Crippen molar-refractivity contribution in [3.05, 3.63) is 54.1 Å². The van der Waals surface area contributed by atoms with Crippen molar-refractivity contribution < 1.29 is 18.3 Å². The van der Waals surface area contributed by atoms with Crippen molar-refractivity contribution >= 4 is 21.6 Å². The molecule has 0 bridgehead atoms. The van der Waals surface area contributed by atoms with Gasteiger partial charge in [0.05, 0.1) is 4.90 Å². The fourth-order valence-electron chi connectivity index (χ4n) is 1.97. The molecule has 6 nitrogen and oxygen atoms in total. The van der Waals surface area contributed by atoms with Crippen LogP contribution >= 0.6 is 0 Å². The van der Waals surface area contributed by atoms with E-state index in [1.165, 1.54) is 55.4 Å². The average Bonchev–Trinajstić information content (AvgIpc) is 2.54. The van der Waals surface area contributed by atoms with Crippen LogP contribution in [0.15, 0.2) is 53.4 Å². The van der Waals surface area contributed by atoms with E-state index in [-0.39, 0.29) is 16.6 Å².